The molecular weight excluding hydrogens is 392 g/mol. The van der Waals surface area contributed by atoms with Crippen LogP contribution in [0.3, 0.4) is 0 Å². The summed E-state index contributed by atoms with van der Waals surface area (Å²) in [5.74, 6) is 0. The van der Waals surface area contributed by atoms with Crippen LogP contribution in [0.25, 0.3) is 0 Å². The standard InChI is InChI=1S/C26H40O5/c1-3-8-22-16-25(29-19-20-9-5-4-6-10-20)18-26(31-22)17-24(28-2)15-23-12-7-11-21(30-23)13-14-27/h3-6,9-10,21-27H,1,7-8,11-19H2,2H3/t21?,22-,23?,24-,25?,26?/m1/s1. The first kappa shape index (κ1) is 24.4. The van der Waals surface area contributed by atoms with Crippen molar-refractivity contribution in [2.75, 3.05) is 13.7 Å². The van der Waals surface area contributed by atoms with Gasteiger partial charge in [0.15, 0.2) is 0 Å². The van der Waals surface area contributed by atoms with Crippen LogP contribution in [0.4, 0.5) is 0 Å². The minimum absolute atomic E-state index is 0.0973. The summed E-state index contributed by atoms with van der Waals surface area (Å²) in [5, 5.41) is 9.22. The SMILES string of the molecule is C=CC[C@@H]1CC(OCc2ccccc2)CC(C[C@@H](CC2CCCC(CCO)O2)OC)O1. The van der Waals surface area contributed by atoms with Gasteiger partial charge in [-0.05, 0) is 56.9 Å². The Morgan fingerprint density at radius 1 is 1.06 bits per heavy atom. The Hall–Kier alpha value is -1.24. The van der Waals surface area contributed by atoms with Gasteiger partial charge >= 0.3 is 0 Å². The summed E-state index contributed by atoms with van der Waals surface area (Å²) < 4.78 is 24.7. The molecule has 1 aromatic carbocycles. The van der Waals surface area contributed by atoms with Crippen molar-refractivity contribution in [3.8, 4) is 0 Å². The fraction of sp³-hybridized carbons (Fsp3) is 0.692. The zero-order valence-electron chi connectivity index (χ0n) is 19.0. The molecule has 0 aliphatic carbocycles. The molecule has 31 heavy (non-hydrogen) atoms. The van der Waals surface area contributed by atoms with Gasteiger partial charge in [0.2, 0.25) is 0 Å². The molecule has 1 N–H and O–H groups in total. The van der Waals surface area contributed by atoms with Crippen molar-refractivity contribution in [3.63, 3.8) is 0 Å². The van der Waals surface area contributed by atoms with E-state index >= 15 is 0 Å². The lowest BCUT2D eigenvalue weighted by molar-refractivity contribution is -0.135. The summed E-state index contributed by atoms with van der Waals surface area (Å²) >= 11 is 0. The first-order chi connectivity index (χ1) is 15.2. The topological polar surface area (TPSA) is 57.2 Å². The number of aliphatic hydroxyl groups is 1. The van der Waals surface area contributed by atoms with Gasteiger partial charge in [-0.2, -0.15) is 0 Å². The molecule has 3 rings (SSSR count). The Balaban J connectivity index is 1.52. The van der Waals surface area contributed by atoms with Gasteiger partial charge in [0.05, 0.1) is 43.2 Å². The van der Waals surface area contributed by atoms with Crippen molar-refractivity contribution in [1.29, 1.82) is 0 Å². The van der Waals surface area contributed by atoms with Gasteiger partial charge < -0.3 is 24.1 Å². The van der Waals surface area contributed by atoms with E-state index in [0.29, 0.717) is 6.61 Å². The molecule has 0 bridgehead atoms. The molecular formula is C26H40O5. The van der Waals surface area contributed by atoms with Crippen LogP contribution in [-0.4, -0.2) is 55.4 Å². The van der Waals surface area contributed by atoms with Crippen LogP contribution in [0.5, 0.6) is 0 Å². The van der Waals surface area contributed by atoms with Crippen molar-refractivity contribution in [3.05, 3.63) is 48.6 Å². The zero-order chi connectivity index (χ0) is 21.9. The highest BCUT2D eigenvalue weighted by molar-refractivity contribution is 5.13. The molecule has 0 aromatic heterocycles. The second-order valence-electron chi connectivity index (χ2n) is 8.95. The fourth-order valence-corrected chi connectivity index (χ4v) is 4.87. The van der Waals surface area contributed by atoms with Crippen LogP contribution in [0, 0.1) is 0 Å². The maximum atomic E-state index is 9.22. The number of hydrogen-bond donors (Lipinski definition) is 1. The number of aliphatic hydroxyl groups excluding tert-OH is 1. The molecule has 5 heteroatoms. The normalized spacial score (nSPS) is 30.1. The van der Waals surface area contributed by atoms with Crippen LogP contribution in [0.15, 0.2) is 43.0 Å². The van der Waals surface area contributed by atoms with Gasteiger partial charge in [-0.15, -0.1) is 6.58 Å². The first-order valence-corrected chi connectivity index (χ1v) is 11.9. The molecule has 0 spiro atoms. The van der Waals surface area contributed by atoms with E-state index in [1.807, 2.05) is 24.3 Å². The van der Waals surface area contributed by atoms with E-state index < -0.39 is 0 Å². The van der Waals surface area contributed by atoms with Crippen molar-refractivity contribution >= 4 is 0 Å². The van der Waals surface area contributed by atoms with Gasteiger partial charge in [-0.25, -0.2) is 0 Å². The molecule has 5 nitrogen and oxygen atoms in total. The number of benzene rings is 1. The largest absolute Gasteiger partial charge is 0.396 e. The molecule has 2 aliphatic heterocycles. The molecule has 2 aliphatic rings. The van der Waals surface area contributed by atoms with Crippen molar-refractivity contribution in [2.45, 2.75) is 101 Å². The molecule has 4 unspecified atom stereocenters. The molecule has 2 fully saturated rings. The maximum absolute atomic E-state index is 9.22. The Morgan fingerprint density at radius 3 is 2.52 bits per heavy atom. The van der Waals surface area contributed by atoms with Gasteiger partial charge in [-0.1, -0.05) is 36.4 Å². The summed E-state index contributed by atoms with van der Waals surface area (Å²) in [6.07, 6.45) is 11.2. The minimum atomic E-state index is 0.0973. The highest BCUT2D eigenvalue weighted by Crippen LogP contribution is 2.30. The predicted molar refractivity (Wildman–Crippen MR) is 122 cm³/mol. The van der Waals surface area contributed by atoms with E-state index in [9.17, 15) is 5.11 Å². The zero-order valence-corrected chi connectivity index (χ0v) is 19.0. The number of ether oxygens (including phenoxy) is 4. The summed E-state index contributed by atoms with van der Waals surface area (Å²) in [6, 6.07) is 10.3. The van der Waals surface area contributed by atoms with E-state index in [1.165, 1.54) is 5.56 Å². The minimum Gasteiger partial charge on any atom is -0.396 e. The molecule has 174 valence electrons. The van der Waals surface area contributed by atoms with Crippen LogP contribution in [0.1, 0.15) is 63.4 Å². The quantitative estimate of drug-likeness (QED) is 0.480. The average Bonchev–Trinajstić information content (AvgIpc) is 2.78. The predicted octanol–water partition coefficient (Wildman–Crippen LogP) is 4.81. The second-order valence-corrected chi connectivity index (χ2v) is 8.95. The lowest BCUT2D eigenvalue weighted by Gasteiger charge is -2.37. The smallest absolute Gasteiger partial charge is 0.0720 e. The number of rotatable bonds is 12. The maximum Gasteiger partial charge on any atom is 0.0720 e. The molecule has 1 aromatic rings. The summed E-state index contributed by atoms with van der Waals surface area (Å²) in [7, 11) is 1.78. The molecule has 0 saturated carbocycles. The van der Waals surface area contributed by atoms with E-state index in [-0.39, 0.29) is 43.2 Å². The van der Waals surface area contributed by atoms with Gasteiger partial charge in [0.1, 0.15) is 0 Å². The summed E-state index contributed by atoms with van der Waals surface area (Å²) in [4.78, 5) is 0. The Morgan fingerprint density at radius 2 is 1.77 bits per heavy atom. The molecule has 2 heterocycles. The average molecular weight is 433 g/mol. The third kappa shape index (κ3) is 8.32. The van der Waals surface area contributed by atoms with Crippen LogP contribution >= 0.6 is 0 Å². The fourth-order valence-electron chi connectivity index (χ4n) is 4.87. The third-order valence-corrected chi connectivity index (χ3v) is 6.47. The van der Waals surface area contributed by atoms with E-state index in [2.05, 4.69) is 18.7 Å². The van der Waals surface area contributed by atoms with Gasteiger partial charge in [0.25, 0.3) is 0 Å². The highest BCUT2D eigenvalue weighted by Gasteiger charge is 2.33. The highest BCUT2D eigenvalue weighted by atomic mass is 16.5. The Bertz CT molecular complexity index is 619. The Kier molecular flexibility index (Phi) is 10.5. The molecule has 0 amide bonds. The number of methoxy groups -OCH3 is 1. The van der Waals surface area contributed by atoms with Crippen LogP contribution in [0.2, 0.25) is 0 Å². The van der Waals surface area contributed by atoms with E-state index in [0.717, 1.165) is 57.8 Å². The molecule has 6 atom stereocenters. The lowest BCUT2D eigenvalue weighted by Crippen LogP contribution is -2.40. The van der Waals surface area contributed by atoms with Crippen molar-refractivity contribution in [1.82, 2.24) is 0 Å². The van der Waals surface area contributed by atoms with Gasteiger partial charge in [-0.3, -0.25) is 0 Å². The van der Waals surface area contributed by atoms with Crippen LogP contribution < -0.4 is 0 Å². The third-order valence-electron chi connectivity index (χ3n) is 6.47. The second kappa shape index (κ2) is 13.3. The molecule has 2 saturated heterocycles. The monoisotopic (exact) mass is 432 g/mol. The Labute approximate surface area is 187 Å². The van der Waals surface area contributed by atoms with E-state index in [1.54, 1.807) is 7.11 Å². The van der Waals surface area contributed by atoms with Crippen molar-refractivity contribution < 1.29 is 24.1 Å². The molecule has 0 radical (unpaired) electrons. The number of hydrogen-bond acceptors (Lipinski definition) is 5. The van der Waals surface area contributed by atoms with Gasteiger partial charge in [0, 0.05) is 20.1 Å². The van der Waals surface area contributed by atoms with Crippen molar-refractivity contribution in [2.24, 2.45) is 0 Å². The summed E-state index contributed by atoms with van der Waals surface area (Å²) in [6.45, 7) is 4.72. The van der Waals surface area contributed by atoms with E-state index in [4.69, 9.17) is 18.9 Å². The first-order valence-electron chi connectivity index (χ1n) is 11.9. The van der Waals surface area contributed by atoms with Crippen LogP contribution in [-0.2, 0) is 25.6 Å². The summed E-state index contributed by atoms with van der Waals surface area (Å²) in [5.41, 5.74) is 1.20. The lowest BCUT2D eigenvalue weighted by atomic mass is 9.92.